The molecular weight excluding hydrogens is 606 g/mol. The number of ether oxygens (including phenoxy) is 2. The molecular formula is C35H41N3O9. The molecule has 2 aromatic carbocycles. The van der Waals surface area contributed by atoms with E-state index in [1.807, 2.05) is 6.08 Å². The molecule has 1 unspecified atom stereocenters. The van der Waals surface area contributed by atoms with Gasteiger partial charge in [0.2, 0.25) is 0 Å². The van der Waals surface area contributed by atoms with Crippen molar-refractivity contribution in [2.45, 2.75) is 57.6 Å². The Bertz CT molecular complexity index is 1810. The number of aliphatic hydroxyl groups is 2. The van der Waals surface area contributed by atoms with Crippen LogP contribution in [-0.2, 0) is 22.6 Å². The molecule has 0 aliphatic carbocycles. The number of hydrogen-bond acceptors (Lipinski definition) is 12. The summed E-state index contributed by atoms with van der Waals surface area (Å²) in [7, 11) is 1.78. The third-order valence-electron chi connectivity index (χ3n) is 8.89. The second-order valence-electron chi connectivity index (χ2n) is 11.9. The Labute approximate surface area is 271 Å². The van der Waals surface area contributed by atoms with Crippen molar-refractivity contribution in [3.63, 3.8) is 0 Å². The Morgan fingerprint density at radius 3 is 2.70 bits per heavy atom. The fraction of sp³-hybridized carbons (Fsp3) is 0.371. The minimum absolute atomic E-state index is 0.0379. The minimum Gasteiger partial charge on any atom is -0.508 e. The number of phenols is 2. The number of esters is 1. The third kappa shape index (κ3) is 6.63. The van der Waals surface area contributed by atoms with E-state index < -0.39 is 41.4 Å². The molecule has 250 valence electrons. The highest BCUT2D eigenvalue weighted by atomic mass is 16.6. The van der Waals surface area contributed by atoms with Gasteiger partial charge in [0.15, 0.2) is 11.0 Å². The zero-order chi connectivity index (χ0) is 33.9. The number of carbonyl (C=O) groups is 1. The molecule has 3 aromatic rings. The molecule has 0 saturated heterocycles. The maximum absolute atomic E-state index is 13.6. The lowest BCUT2D eigenvalue weighted by molar-refractivity contribution is -0.166. The van der Waals surface area contributed by atoms with E-state index in [1.165, 1.54) is 12.1 Å². The topological polar surface area (TPSA) is 197 Å². The van der Waals surface area contributed by atoms with E-state index in [-0.39, 0.29) is 58.5 Å². The van der Waals surface area contributed by atoms with Gasteiger partial charge in [-0.15, -0.1) is 0 Å². The van der Waals surface area contributed by atoms with Gasteiger partial charge in [-0.25, -0.2) is 4.79 Å². The molecule has 47 heavy (non-hydrogen) atoms. The predicted octanol–water partition coefficient (Wildman–Crippen LogP) is 2.85. The monoisotopic (exact) mass is 647 g/mol. The summed E-state index contributed by atoms with van der Waals surface area (Å²) in [6.45, 7) is 3.08. The second kappa shape index (κ2) is 14.0. The van der Waals surface area contributed by atoms with E-state index in [9.17, 15) is 30.0 Å². The van der Waals surface area contributed by atoms with Crippen LogP contribution in [0.15, 0.2) is 75.1 Å². The van der Waals surface area contributed by atoms with Crippen LogP contribution in [0.1, 0.15) is 38.0 Å². The largest absolute Gasteiger partial charge is 0.508 e. The number of dihydropyridines is 1. The highest BCUT2D eigenvalue weighted by Gasteiger charge is 2.51. The molecule has 8 N–H and O–H groups in total. The Balaban J connectivity index is 1.73. The first kappa shape index (κ1) is 33.7. The molecule has 12 heteroatoms. The van der Waals surface area contributed by atoms with Crippen LogP contribution in [0.4, 0.5) is 0 Å². The molecule has 3 heterocycles. The van der Waals surface area contributed by atoms with Crippen LogP contribution in [0.3, 0.4) is 0 Å². The van der Waals surface area contributed by atoms with E-state index in [0.717, 1.165) is 11.6 Å². The van der Waals surface area contributed by atoms with E-state index in [2.05, 4.69) is 10.6 Å². The number of nitrogens with one attached hydrogen (secondary N) is 2. The van der Waals surface area contributed by atoms with Crippen molar-refractivity contribution in [1.29, 1.82) is 0 Å². The van der Waals surface area contributed by atoms with Crippen LogP contribution in [0.5, 0.6) is 17.2 Å². The quantitative estimate of drug-likeness (QED) is 0.119. The van der Waals surface area contributed by atoms with Crippen LogP contribution in [0.25, 0.3) is 22.1 Å². The Morgan fingerprint density at radius 2 is 2.06 bits per heavy atom. The fourth-order valence-electron chi connectivity index (χ4n) is 6.16. The Kier molecular flexibility index (Phi) is 10.1. The predicted molar refractivity (Wildman–Crippen MR) is 176 cm³/mol. The normalized spacial score (nSPS) is 21.4. The van der Waals surface area contributed by atoms with Crippen LogP contribution in [0, 0.1) is 5.92 Å². The van der Waals surface area contributed by atoms with Crippen molar-refractivity contribution < 1.29 is 39.1 Å². The Morgan fingerprint density at radius 1 is 1.28 bits per heavy atom. The summed E-state index contributed by atoms with van der Waals surface area (Å²) in [4.78, 5) is 26.9. The number of phenolic OH excluding ortho intramolecular Hbond substituents is 2. The summed E-state index contributed by atoms with van der Waals surface area (Å²) in [5, 5.41) is 48.7. The molecule has 2 aliphatic heterocycles. The van der Waals surface area contributed by atoms with Crippen LogP contribution < -0.4 is 26.5 Å². The molecule has 0 spiro atoms. The first-order valence-electron chi connectivity index (χ1n) is 15.5. The molecule has 5 rings (SSSR count). The molecule has 0 saturated carbocycles. The zero-order valence-corrected chi connectivity index (χ0v) is 26.6. The third-order valence-corrected chi connectivity index (χ3v) is 8.89. The van der Waals surface area contributed by atoms with Crippen LogP contribution in [0.2, 0.25) is 0 Å². The van der Waals surface area contributed by atoms with Gasteiger partial charge in [-0.05, 0) is 69.6 Å². The number of allylic oxidation sites excluding steroid dienone is 3. The summed E-state index contributed by atoms with van der Waals surface area (Å²) in [5.41, 5.74) is 5.98. The standard InChI is InChI=1S/C35H41N3O9/c1-4-20(10-11-37-3)34(44)46-27-15-25-31(43)30-26(42)14-24(18-40)45-33(30)29(21-6-5-7-23(41)13-21)32(25)47-35(27,2)22(17-39)12-19-8-9-28(36)38-16-19/h4-9,13-14,16,22,27-28,37-41,43H,10-12,15,17-18,36H2,1-3H3/b20-4-/t22-,27+,28?,35-/m0/s1. The van der Waals surface area contributed by atoms with Crippen molar-refractivity contribution in [3.05, 3.63) is 87.5 Å². The van der Waals surface area contributed by atoms with Crippen LogP contribution in [-0.4, -0.2) is 64.5 Å². The van der Waals surface area contributed by atoms with Gasteiger partial charge in [0.1, 0.15) is 46.7 Å². The molecule has 1 aromatic heterocycles. The molecule has 0 radical (unpaired) electrons. The number of fused-ring (bicyclic) bond motifs is 2. The smallest absolute Gasteiger partial charge is 0.334 e. The highest BCUT2D eigenvalue weighted by Crippen LogP contribution is 2.52. The van der Waals surface area contributed by atoms with Crippen molar-refractivity contribution >= 4 is 16.9 Å². The number of hydrogen-bond donors (Lipinski definition) is 7. The minimum atomic E-state index is -1.39. The van der Waals surface area contributed by atoms with Crippen LogP contribution >= 0.6 is 0 Å². The van der Waals surface area contributed by atoms with Gasteiger partial charge < -0.3 is 50.7 Å². The van der Waals surface area contributed by atoms with Gasteiger partial charge in [-0.2, -0.15) is 0 Å². The van der Waals surface area contributed by atoms with Gasteiger partial charge >= 0.3 is 5.97 Å². The van der Waals surface area contributed by atoms with Crippen molar-refractivity contribution in [1.82, 2.24) is 10.6 Å². The van der Waals surface area contributed by atoms with E-state index >= 15 is 0 Å². The molecule has 0 bridgehead atoms. The molecule has 2 aliphatic rings. The average molecular weight is 648 g/mol. The number of aliphatic hydroxyl groups excluding tert-OH is 2. The van der Waals surface area contributed by atoms with E-state index in [4.69, 9.17) is 19.6 Å². The highest BCUT2D eigenvalue weighted by molar-refractivity contribution is 6.01. The number of benzene rings is 2. The molecule has 12 nitrogen and oxygen atoms in total. The molecule has 0 amide bonds. The zero-order valence-electron chi connectivity index (χ0n) is 26.6. The molecule has 0 fully saturated rings. The van der Waals surface area contributed by atoms with Gasteiger partial charge in [0.05, 0.1) is 18.3 Å². The van der Waals surface area contributed by atoms with Crippen molar-refractivity contribution in [3.8, 4) is 28.4 Å². The fourth-order valence-corrected chi connectivity index (χ4v) is 6.16. The summed E-state index contributed by atoms with van der Waals surface area (Å²) in [6.07, 6.45) is 6.31. The maximum atomic E-state index is 13.6. The first-order valence-corrected chi connectivity index (χ1v) is 15.5. The van der Waals surface area contributed by atoms with Crippen molar-refractivity contribution in [2.24, 2.45) is 11.7 Å². The number of aromatic hydroxyl groups is 2. The lowest BCUT2D eigenvalue weighted by atomic mass is 9.75. The number of nitrogens with two attached hydrogens (primary N) is 1. The van der Waals surface area contributed by atoms with E-state index in [0.29, 0.717) is 30.5 Å². The van der Waals surface area contributed by atoms with Gasteiger partial charge in [0.25, 0.3) is 0 Å². The second-order valence-corrected chi connectivity index (χ2v) is 11.9. The summed E-state index contributed by atoms with van der Waals surface area (Å²) in [5.74, 6) is -1.63. The summed E-state index contributed by atoms with van der Waals surface area (Å²) in [6, 6.07) is 7.32. The summed E-state index contributed by atoms with van der Waals surface area (Å²) >= 11 is 0. The number of rotatable bonds is 11. The maximum Gasteiger partial charge on any atom is 0.334 e. The number of carbonyl (C=O) groups excluding carboxylic acids is 1. The van der Waals surface area contributed by atoms with Gasteiger partial charge in [-0.1, -0.05) is 24.3 Å². The SMILES string of the molecule is C/C=C(/CCNC)C(=O)O[C@@H]1Cc2c(c(-c3cccc(O)c3)c3oc(CO)cc(=O)c3c2O)O[C@@]1(C)[C@H](CO)CC1=CNC(N)C=C1. The Hall–Kier alpha value is -4.62. The lowest BCUT2D eigenvalue weighted by Gasteiger charge is -2.46. The molecule has 4 atom stereocenters. The van der Waals surface area contributed by atoms with Gasteiger partial charge in [-0.3, -0.25) is 4.79 Å². The summed E-state index contributed by atoms with van der Waals surface area (Å²) < 4.78 is 19.0. The van der Waals surface area contributed by atoms with Gasteiger partial charge in [0, 0.05) is 35.7 Å². The van der Waals surface area contributed by atoms with Crippen molar-refractivity contribution in [2.75, 3.05) is 20.2 Å². The first-order chi connectivity index (χ1) is 22.5. The lowest BCUT2D eigenvalue weighted by Crippen LogP contribution is -2.57. The van der Waals surface area contributed by atoms with E-state index in [1.54, 1.807) is 51.4 Å². The average Bonchev–Trinajstić information content (AvgIpc) is 3.05.